The number of halogens is 2. The lowest BCUT2D eigenvalue weighted by Crippen LogP contribution is -2.28. The quantitative estimate of drug-likeness (QED) is 0.374. The Balaban J connectivity index is 2.89. The van der Waals surface area contributed by atoms with E-state index in [0.29, 0.717) is 0 Å². The van der Waals surface area contributed by atoms with E-state index >= 15 is 0 Å². The van der Waals surface area contributed by atoms with E-state index < -0.39 is 0 Å². The summed E-state index contributed by atoms with van der Waals surface area (Å²) in [5, 5.41) is 0.740. The molecule has 0 aliphatic carbocycles. The third-order valence-corrected chi connectivity index (χ3v) is 3.41. The van der Waals surface area contributed by atoms with Crippen LogP contribution in [0.15, 0.2) is 30.9 Å². The number of nitrogens with one attached hydrogen (secondary N) is 1. The molecule has 0 spiro atoms. The van der Waals surface area contributed by atoms with Gasteiger partial charge < -0.3 is 0 Å². The smallest absolute Gasteiger partial charge is 0.0473 e. The number of allylic oxidation sites excluding steroid dienone is 1. The van der Waals surface area contributed by atoms with Gasteiger partial charge in [-0.1, -0.05) is 17.7 Å². The van der Waals surface area contributed by atoms with Gasteiger partial charge in [-0.05, 0) is 59.2 Å². The highest BCUT2D eigenvalue weighted by Crippen LogP contribution is 2.26. The zero-order valence-corrected chi connectivity index (χ0v) is 11.3. The minimum atomic E-state index is 0.133. The molecule has 0 saturated heterocycles. The molecule has 82 valence electrons. The Labute approximate surface area is 109 Å². The molecule has 0 fully saturated rings. The van der Waals surface area contributed by atoms with E-state index in [1.807, 2.05) is 24.3 Å². The van der Waals surface area contributed by atoms with Gasteiger partial charge in [-0.25, -0.2) is 0 Å². The number of rotatable bonds is 5. The summed E-state index contributed by atoms with van der Waals surface area (Å²) in [5.74, 6) is 5.53. The van der Waals surface area contributed by atoms with Crippen LogP contribution in [0.25, 0.3) is 0 Å². The molecule has 3 N–H and O–H groups in total. The van der Waals surface area contributed by atoms with Crippen LogP contribution in [-0.2, 0) is 0 Å². The van der Waals surface area contributed by atoms with Crippen LogP contribution in [0.1, 0.15) is 24.4 Å². The Morgan fingerprint density at radius 1 is 1.60 bits per heavy atom. The number of hydrogen-bond donors (Lipinski definition) is 2. The lowest BCUT2D eigenvalue weighted by atomic mass is 10.0. The van der Waals surface area contributed by atoms with Crippen molar-refractivity contribution in [2.45, 2.75) is 18.9 Å². The minimum absolute atomic E-state index is 0.133. The molecule has 0 bridgehead atoms. The van der Waals surface area contributed by atoms with Crippen LogP contribution in [0.4, 0.5) is 0 Å². The third kappa shape index (κ3) is 3.75. The SMILES string of the molecule is C=CCCC(NN)c1cc(Cl)ccc1I. The lowest BCUT2D eigenvalue weighted by molar-refractivity contribution is 0.519. The first-order valence-electron chi connectivity index (χ1n) is 4.71. The average Bonchev–Trinajstić information content (AvgIpc) is 2.24. The summed E-state index contributed by atoms with van der Waals surface area (Å²) in [6, 6.07) is 5.97. The first kappa shape index (κ1) is 13.0. The molecule has 1 aromatic carbocycles. The van der Waals surface area contributed by atoms with Gasteiger partial charge in [0.15, 0.2) is 0 Å². The molecule has 0 aliphatic heterocycles. The molecule has 15 heavy (non-hydrogen) atoms. The first-order chi connectivity index (χ1) is 7.19. The van der Waals surface area contributed by atoms with Crippen molar-refractivity contribution in [3.63, 3.8) is 0 Å². The third-order valence-electron chi connectivity index (χ3n) is 2.19. The van der Waals surface area contributed by atoms with E-state index in [-0.39, 0.29) is 6.04 Å². The maximum absolute atomic E-state index is 5.96. The Bertz CT molecular complexity index is 341. The molecule has 0 aliphatic rings. The number of benzene rings is 1. The largest absolute Gasteiger partial charge is 0.271 e. The molecule has 0 saturated carbocycles. The van der Waals surface area contributed by atoms with Crippen molar-refractivity contribution in [2.24, 2.45) is 5.84 Å². The second-order valence-corrected chi connectivity index (χ2v) is 4.85. The monoisotopic (exact) mass is 336 g/mol. The lowest BCUT2D eigenvalue weighted by Gasteiger charge is -2.17. The van der Waals surface area contributed by atoms with Crippen LogP contribution >= 0.6 is 34.2 Å². The fourth-order valence-corrected chi connectivity index (χ4v) is 2.29. The van der Waals surface area contributed by atoms with Crippen molar-refractivity contribution in [3.8, 4) is 0 Å². The highest BCUT2D eigenvalue weighted by Gasteiger charge is 2.12. The summed E-state index contributed by atoms with van der Waals surface area (Å²) < 4.78 is 1.17. The van der Waals surface area contributed by atoms with E-state index in [1.54, 1.807) is 0 Å². The highest BCUT2D eigenvalue weighted by molar-refractivity contribution is 14.1. The molecule has 0 radical (unpaired) electrons. The van der Waals surface area contributed by atoms with Gasteiger partial charge in [0.1, 0.15) is 0 Å². The number of hydrogen-bond acceptors (Lipinski definition) is 2. The average molecular weight is 337 g/mol. The van der Waals surface area contributed by atoms with Crippen LogP contribution < -0.4 is 11.3 Å². The number of nitrogens with two attached hydrogens (primary N) is 1. The molecule has 1 unspecified atom stereocenters. The fraction of sp³-hybridized carbons (Fsp3) is 0.273. The predicted octanol–water partition coefficient (Wildman–Crippen LogP) is 3.42. The summed E-state index contributed by atoms with van der Waals surface area (Å²) in [6.45, 7) is 3.70. The summed E-state index contributed by atoms with van der Waals surface area (Å²) in [7, 11) is 0. The van der Waals surface area contributed by atoms with Crippen LogP contribution in [0.3, 0.4) is 0 Å². The molecular formula is C11H14ClIN2. The van der Waals surface area contributed by atoms with Crippen molar-refractivity contribution in [2.75, 3.05) is 0 Å². The molecule has 1 aromatic rings. The van der Waals surface area contributed by atoms with E-state index in [4.69, 9.17) is 17.4 Å². The molecule has 2 nitrogen and oxygen atoms in total. The summed E-state index contributed by atoms with van der Waals surface area (Å²) >= 11 is 8.25. The topological polar surface area (TPSA) is 38.0 Å². The van der Waals surface area contributed by atoms with Gasteiger partial charge in [-0.15, -0.1) is 6.58 Å². The van der Waals surface area contributed by atoms with Gasteiger partial charge in [0.05, 0.1) is 0 Å². The highest BCUT2D eigenvalue weighted by atomic mass is 127. The summed E-state index contributed by atoms with van der Waals surface area (Å²) in [6.07, 6.45) is 3.75. The molecule has 4 heteroatoms. The fourth-order valence-electron chi connectivity index (χ4n) is 1.39. The first-order valence-corrected chi connectivity index (χ1v) is 6.16. The van der Waals surface area contributed by atoms with Gasteiger partial charge in [0.25, 0.3) is 0 Å². The van der Waals surface area contributed by atoms with Crippen LogP contribution in [0.2, 0.25) is 5.02 Å². The zero-order chi connectivity index (χ0) is 11.3. The van der Waals surface area contributed by atoms with E-state index in [2.05, 4.69) is 34.6 Å². The van der Waals surface area contributed by atoms with Crippen molar-refractivity contribution < 1.29 is 0 Å². The van der Waals surface area contributed by atoms with E-state index in [1.165, 1.54) is 3.57 Å². The number of hydrazine groups is 1. The van der Waals surface area contributed by atoms with Gasteiger partial charge in [0.2, 0.25) is 0 Å². The Hall–Kier alpha value is -0.100. The van der Waals surface area contributed by atoms with Crippen LogP contribution in [0, 0.1) is 3.57 Å². The molecular weight excluding hydrogens is 322 g/mol. The molecule has 1 rings (SSSR count). The van der Waals surface area contributed by atoms with Gasteiger partial charge >= 0.3 is 0 Å². The van der Waals surface area contributed by atoms with Crippen LogP contribution in [0.5, 0.6) is 0 Å². The summed E-state index contributed by atoms with van der Waals surface area (Å²) in [4.78, 5) is 0. The van der Waals surface area contributed by atoms with Crippen molar-refractivity contribution in [1.82, 2.24) is 5.43 Å². The van der Waals surface area contributed by atoms with Gasteiger partial charge in [-0.3, -0.25) is 11.3 Å². The van der Waals surface area contributed by atoms with Crippen molar-refractivity contribution in [3.05, 3.63) is 45.0 Å². The Morgan fingerprint density at radius 3 is 2.93 bits per heavy atom. The standard InChI is InChI=1S/C11H14ClIN2/c1-2-3-4-11(15-14)9-7-8(12)5-6-10(9)13/h2,5-7,11,15H,1,3-4,14H2. The van der Waals surface area contributed by atoms with E-state index in [0.717, 1.165) is 23.4 Å². The molecule has 1 atom stereocenters. The second kappa shape index (κ2) is 6.48. The van der Waals surface area contributed by atoms with Gasteiger partial charge in [-0.2, -0.15) is 0 Å². The zero-order valence-electron chi connectivity index (χ0n) is 8.34. The maximum atomic E-state index is 5.96. The van der Waals surface area contributed by atoms with Crippen molar-refractivity contribution >= 4 is 34.2 Å². The van der Waals surface area contributed by atoms with Crippen molar-refractivity contribution in [1.29, 1.82) is 0 Å². The molecule has 0 amide bonds. The Morgan fingerprint density at radius 2 is 2.33 bits per heavy atom. The van der Waals surface area contributed by atoms with E-state index in [9.17, 15) is 0 Å². The predicted molar refractivity (Wildman–Crippen MR) is 73.7 cm³/mol. The molecule has 0 aromatic heterocycles. The Kier molecular flexibility index (Phi) is 5.60. The second-order valence-electron chi connectivity index (χ2n) is 3.25. The maximum Gasteiger partial charge on any atom is 0.0473 e. The molecule has 0 heterocycles. The normalized spacial score (nSPS) is 12.5. The van der Waals surface area contributed by atoms with Crippen LogP contribution in [-0.4, -0.2) is 0 Å². The van der Waals surface area contributed by atoms with Gasteiger partial charge in [0, 0.05) is 14.6 Å². The minimum Gasteiger partial charge on any atom is -0.271 e. The summed E-state index contributed by atoms with van der Waals surface area (Å²) in [5.41, 5.74) is 3.96.